The first-order valence-electron chi connectivity index (χ1n) is 5.52. The number of benzene rings is 1. The van der Waals surface area contributed by atoms with Gasteiger partial charge in [0.05, 0.1) is 11.3 Å². The number of hydrogen-bond donors (Lipinski definition) is 1. The maximum absolute atomic E-state index is 13.0. The third kappa shape index (κ3) is 2.85. The molecule has 5 heteroatoms. The molecule has 0 bridgehead atoms. The molecule has 0 saturated heterocycles. The molecule has 0 atom stereocenters. The number of anilines is 1. The Bertz CT molecular complexity index is 683. The lowest BCUT2D eigenvalue weighted by atomic mass is 10.1. The van der Waals surface area contributed by atoms with Crippen LogP contribution in [0.2, 0.25) is 0 Å². The van der Waals surface area contributed by atoms with E-state index in [2.05, 4.69) is 10.3 Å². The third-order valence-electron chi connectivity index (χ3n) is 2.57. The van der Waals surface area contributed by atoms with Crippen molar-refractivity contribution < 1.29 is 4.39 Å². The first-order chi connectivity index (χ1) is 9.24. The molecule has 0 aliphatic carbocycles. The Morgan fingerprint density at radius 3 is 2.79 bits per heavy atom. The lowest BCUT2D eigenvalue weighted by Gasteiger charge is -2.08. The van der Waals surface area contributed by atoms with Crippen LogP contribution in [0.15, 0.2) is 36.5 Å². The van der Waals surface area contributed by atoms with Crippen LogP contribution >= 0.6 is 0 Å². The maximum atomic E-state index is 13.0. The molecule has 1 heterocycles. The Hall–Kier alpha value is -2.92. The van der Waals surface area contributed by atoms with Crippen molar-refractivity contribution in [2.45, 2.75) is 6.54 Å². The zero-order valence-electron chi connectivity index (χ0n) is 9.89. The van der Waals surface area contributed by atoms with Crippen molar-refractivity contribution in [1.29, 1.82) is 10.5 Å². The van der Waals surface area contributed by atoms with Gasteiger partial charge in [0.15, 0.2) is 0 Å². The van der Waals surface area contributed by atoms with Gasteiger partial charge in [-0.25, -0.2) is 9.37 Å². The van der Waals surface area contributed by atoms with Crippen molar-refractivity contribution in [3.63, 3.8) is 0 Å². The van der Waals surface area contributed by atoms with Gasteiger partial charge in [0.25, 0.3) is 0 Å². The summed E-state index contributed by atoms with van der Waals surface area (Å²) in [6.45, 7) is 0.344. The summed E-state index contributed by atoms with van der Waals surface area (Å²) in [5.74, 6) is -0.457. The van der Waals surface area contributed by atoms with Gasteiger partial charge in [-0.05, 0) is 24.3 Å². The summed E-state index contributed by atoms with van der Waals surface area (Å²) >= 11 is 0. The first kappa shape index (κ1) is 12.5. The number of aromatic nitrogens is 1. The summed E-state index contributed by atoms with van der Waals surface area (Å²) in [6, 6.07) is 11.3. The average Bonchev–Trinajstić information content (AvgIpc) is 2.46. The highest BCUT2D eigenvalue weighted by atomic mass is 19.1. The molecular weight excluding hydrogens is 243 g/mol. The second kappa shape index (κ2) is 5.61. The number of nitriles is 2. The second-order valence-electron chi connectivity index (χ2n) is 3.78. The molecule has 0 fully saturated rings. The fourth-order valence-electron chi connectivity index (χ4n) is 1.64. The molecule has 1 aromatic heterocycles. The minimum absolute atomic E-state index is 0.224. The van der Waals surface area contributed by atoms with Crippen molar-refractivity contribution in [3.05, 3.63) is 59.2 Å². The highest BCUT2D eigenvalue weighted by Gasteiger charge is 2.06. The van der Waals surface area contributed by atoms with E-state index in [9.17, 15) is 4.39 Å². The van der Waals surface area contributed by atoms with Crippen LogP contribution in [0, 0.1) is 28.5 Å². The van der Waals surface area contributed by atoms with Crippen LogP contribution in [-0.4, -0.2) is 4.98 Å². The van der Waals surface area contributed by atoms with Crippen molar-refractivity contribution >= 4 is 5.69 Å². The van der Waals surface area contributed by atoms with Crippen LogP contribution in [0.5, 0.6) is 0 Å². The van der Waals surface area contributed by atoms with Gasteiger partial charge in [-0.2, -0.15) is 10.5 Å². The number of rotatable bonds is 3. The van der Waals surface area contributed by atoms with Gasteiger partial charge in [-0.15, -0.1) is 0 Å². The van der Waals surface area contributed by atoms with E-state index in [4.69, 9.17) is 10.5 Å². The van der Waals surface area contributed by atoms with Crippen LogP contribution in [0.1, 0.15) is 16.8 Å². The number of hydrogen-bond acceptors (Lipinski definition) is 4. The molecule has 0 saturated carbocycles. The molecule has 92 valence electrons. The predicted molar refractivity (Wildman–Crippen MR) is 67.4 cm³/mol. The van der Waals surface area contributed by atoms with E-state index in [1.165, 1.54) is 12.1 Å². The summed E-state index contributed by atoms with van der Waals surface area (Å²) < 4.78 is 13.0. The molecule has 4 nitrogen and oxygen atoms in total. The normalized spacial score (nSPS) is 9.42. The Labute approximate surface area is 109 Å². The van der Waals surface area contributed by atoms with Gasteiger partial charge >= 0.3 is 0 Å². The quantitative estimate of drug-likeness (QED) is 0.911. The highest BCUT2D eigenvalue weighted by Crippen LogP contribution is 2.17. The molecule has 0 unspecified atom stereocenters. The van der Waals surface area contributed by atoms with Crippen molar-refractivity contribution in [2.24, 2.45) is 0 Å². The lowest BCUT2D eigenvalue weighted by Crippen LogP contribution is -2.04. The summed E-state index contributed by atoms with van der Waals surface area (Å²) in [7, 11) is 0. The van der Waals surface area contributed by atoms with Crippen LogP contribution < -0.4 is 5.32 Å². The number of nitrogens with one attached hydrogen (secondary N) is 1. The molecule has 0 aliphatic rings. The SMILES string of the molecule is N#Cc1cc(F)ccc1NCc1cccnc1C#N. The number of nitrogens with zero attached hydrogens (tertiary/aromatic N) is 3. The number of pyridine rings is 1. The fourth-order valence-corrected chi connectivity index (χ4v) is 1.64. The van der Waals surface area contributed by atoms with Crippen molar-refractivity contribution in [1.82, 2.24) is 4.98 Å². The first-order valence-corrected chi connectivity index (χ1v) is 5.52. The van der Waals surface area contributed by atoms with Crippen LogP contribution in [-0.2, 0) is 6.54 Å². The molecular formula is C14H9FN4. The molecule has 2 rings (SSSR count). The van der Waals surface area contributed by atoms with Crippen molar-refractivity contribution in [3.8, 4) is 12.1 Å². The number of halogens is 1. The minimum atomic E-state index is -0.457. The van der Waals surface area contributed by atoms with E-state index >= 15 is 0 Å². The van der Waals surface area contributed by atoms with Crippen molar-refractivity contribution in [2.75, 3.05) is 5.32 Å². The van der Waals surface area contributed by atoms with Gasteiger partial charge in [0, 0.05) is 18.3 Å². The average molecular weight is 252 g/mol. The Kier molecular flexibility index (Phi) is 3.70. The van der Waals surface area contributed by atoms with E-state index in [0.29, 0.717) is 17.9 Å². The third-order valence-corrected chi connectivity index (χ3v) is 2.57. The standard InChI is InChI=1S/C14H9FN4/c15-12-3-4-13(11(6-12)7-16)19-9-10-2-1-5-18-14(10)8-17/h1-6,19H,9H2. The monoisotopic (exact) mass is 252 g/mol. The van der Waals surface area contributed by atoms with E-state index < -0.39 is 5.82 Å². The zero-order chi connectivity index (χ0) is 13.7. The maximum Gasteiger partial charge on any atom is 0.145 e. The van der Waals surface area contributed by atoms with Gasteiger partial charge in [-0.3, -0.25) is 0 Å². The van der Waals surface area contributed by atoms with Gasteiger partial charge < -0.3 is 5.32 Å². The zero-order valence-corrected chi connectivity index (χ0v) is 9.89. The van der Waals surface area contributed by atoms with Gasteiger partial charge in [-0.1, -0.05) is 6.07 Å². The lowest BCUT2D eigenvalue weighted by molar-refractivity contribution is 0.627. The molecule has 0 spiro atoms. The fraction of sp³-hybridized carbons (Fsp3) is 0.0714. The Balaban J connectivity index is 2.20. The molecule has 0 radical (unpaired) electrons. The van der Waals surface area contributed by atoms with Crippen LogP contribution in [0.25, 0.3) is 0 Å². The van der Waals surface area contributed by atoms with Crippen LogP contribution in [0.3, 0.4) is 0 Å². The largest absolute Gasteiger partial charge is 0.380 e. The molecule has 2 aromatic rings. The van der Waals surface area contributed by atoms with Gasteiger partial charge in [0.1, 0.15) is 23.6 Å². The summed E-state index contributed by atoms with van der Waals surface area (Å²) in [4.78, 5) is 3.94. The predicted octanol–water partition coefficient (Wildman–Crippen LogP) is 2.58. The van der Waals surface area contributed by atoms with Crippen LogP contribution in [0.4, 0.5) is 10.1 Å². The molecule has 0 amide bonds. The van der Waals surface area contributed by atoms with E-state index in [-0.39, 0.29) is 5.56 Å². The molecule has 1 aromatic carbocycles. The minimum Gasteiger partial charge on any atom is -0.380 e. The summed E-state index contributed by atoms with van der Waals surface area (Å²) in [6.07, 6.45) is 1.54. The molecule has 19 heavy (non-hydrogen) atoms. The Morgan fingerprint density at radius 2 is 2.05 bits per heavy atom. The van der Waals surface area contributed by atoms with Gasteiger partial charge in [0.2, 0.25) is 0 Å². The topological polar surface area (TPSA) is 72.5 Å². The second-order valence-corrected chi connectivity index (χ2v) is 3.78. The molecule has 0 aliphatic heterocycles. The summed E-state index contributed by atoms with van der Waals surface area (Å²) in [5.41, 5.74) is 1.80. The van der Waals surface area contributed by atoms with E-state index in [1.807, 2.05) is 12.1 Å². The summed E-state index contributed by atoms with van der Waals surface area (Å²) in [5, 5.41) is 20.8. The van der Waals surface area contributed by atoms with E-state index in [0.717, 1.165) is 11.6 Å². The highest BCUT2D eigenvalue weighted by molar-refractivity contribution is 5.57. The Morgan fingerprint density at radius 1 is 1.21 bits per heavy atom. The smallest absolute Gasteiger partial charge is 0.145 e. The molecule has 1 N–H and O–H groups in total. The van der Waals surface area contributed by atoms with E-state index in [1.54, 1.807) is 18.3 Å².